The molecule has 1 N–H and O–H groups in total. The molecule has 0 saturated carbocycles. The summed E-state index contributed by atoms with van der Waals surface area (Å²) in [5, 5.41) is 3.81. The van der Waals surface area contributed by atoms with Crippen LogP contribution in [0.15, 0.2) is 24.3 Å². The molecule has 0 aromatic heterocycles. The molecular formula is C21H34ClN3O. The van der Waals surface area contributed by atoms with Crippen molar-refractivity contribution in [1.29, 1.82) is 0 Å². The number of piperidine rings is 1. The van der Waals surface area contributed by atoms with Crippen LogP contribution in [0.1, 0.15) is 46.1 Å². The number of hydrogen-bond acceptors (Lipinski definition) is 2. The van der Waals surface area contributed by atoms with E-state index in [-0.39, 0.29) is 12.1 Å². The molecule has 1 aliphatic rings. The van der Waals surface area contributed by atoms with Gasteiger partial charge in [-0.3, -0.25) is 0 Å². The van der Waals surface area contributed by atoms with Crippen LogP contribution in [0.2, 0.25) is 5.02 Å². The lowest BCUT2D eigenvalue weighted by Gasteiger charge is -2.37. The Bertz CT molecular complexity index is 570. The van der Waals surface area contributed by atoms with Crippen LogP contribution in [0.3, 0.4) is 0 Å². The first-order valence-corrected chi connectivity index (χ1v) is 10.3. The van der Waals surface area contributed by atoms with E-state index in [2.05, 4.69) is 36.2 Å². The average Bonchev–Trinajstić information content (AvgIpc) is 2.59. The second-order valence-corrected chi connectivity index (χ2v) is 8.24. The van der Waals surface area contributed by atoms with Gasteiger partial charge in [0.25, 0.3) is 0 Å². The minimum atomic E-state index is 0.0834. The molecule has 1 saturated heterocycles. The van der Waals surface area contributed by atoms with Crippen molar-refractivity contribution in [2.75, 3.05) is 26.2 Å². The van der Waals surface area contributed by atoms with Crippen molar-refractivity contribution in [1.82, 2.24) is 15.1 Å². The van der Waals surface area contributed by atoms with Gasteiger partial charge >= 0.3 is 6.03 Å². The van der Waals surface area contributed by atoms with Crippen LogP contribution in [0, 0.1) is 5.92 Å². The van der Waals surface area contributed by atoms with Gasteiger partial charge in [0.05, 0.1) is 0 Å². The average molecular weight is 380 g/mol. The summed E-state index contributed by atoms with van der Waals surface area (Å²) in [6.07, 6.45) is 3.20. The van der Waals surface area contributed by atoms with Gasteiger partial charge in [-0.1, -0.05) is 30.7 Å². The molecule has 4 nitrogen and oxygen atoms in total. The van der Waals surface area contributed by atoms with E-state index in [9.17, 15) is 4.79 Å². The van der Waals surface area contributed by atoms with Gasteiger partial charge in [0.2, 0.25) is 0 Å². The topological polar surface area (TPSA) is 35.6 Å². The number of amides is 2. The summed E-state index contributed by atoms with van der Waals surface area (Å²) in [6.45, 7) is 12.4. The van der Waals surface area contributed by atoms with Crippen LogP contribution < -0.4 is 5.32 Å². The summed E-state index contributed by atoms with van der Waals surface area (Å²) in [6, 6.07) is 8.94. The standard InChI is InChI=1S/C21H34ClN3O/c1-5-24(17(4)13-19-7-6-8-20(22)14-19)15-18-9-11-25(12-10-18)21(26)23-16(2)3/h6-8,14,16-18H,5,9-13,15H2,1-4H3,(H,23,26). The zero-order chi connectivity index (χ0) is 19.1. The lowest BCUT2D eigenvalue weighted by Crippen LogP contribution is -2.48. The van der Waals surface area contributed by atoms with Gasteiger partial charge in [0, 0.05) is 36.7 Å². The molecule has 26 heavy (non-hydrogen) atoms. The van der Waals surface area contributed by atoms with Gasteiger partial charge in [0.15, 0.2) is 0 Å². The third kappa shape index (κ3) is 6.48. The Morgan fingerprint density at radius 2 is 2.00 bits per heavy atom. The molecular weight excluding hydrogens is 346 g/mol. The first-order valence-electron chi connectivity index (χ1n) is 9.93. The Labute approximate surface area is 163 Å². The van der Waals surface area contributed by atoms with E-state index in [1.54, 1.807) is 0 Å². The molecule has 5 heteroatoms. The van der Waals surface area contributed by atoms with Gasteiger partial charge < -0.3 is 15.1 Å². The molecule has 1 heterocycles. The number of likely N-dealkylation sites (tertiary alicyclic amines) is 1. The van der Waals surface area contributed by atoms with Crippen molar-refractivity contribution in [3.63, 3.8) is 0 Å². The highest BCUT2D eigenvalue weighted by Gasteiger charge is 2.25. The fraction of sp³-hybridized carbons (Fsp3) is 0.667. The van der Waals surface area contributed by atoms with Crippen LogP contribution in [0.25, 0.3) is 0 Å². The van der Waals surface area contributed by atoms with E-state index in [1.807, 2.05) is 30.9 Å². The van der Waals surface area contributed by atoms with Crippen LogP contribution in [0.4, 0.5) is 4.79 Å². The zero-order valence-electron chi connectivity index (χ0n) is 16.7. The quantitative estimate of drug-likeness (QED) is 0.760. The molecule has 1 aromatic rings. The Balaban J connectivity index is 1.82. The van der Waals surface area contributed by atoms with Crippen molar-refractivity contribution < 1.29 is 4.79 Å². The highest BCUT2D eigenvalue weighted by atomic mass is 35.5. The zero-order valence-corrected chi connectivity index (χ0v) is 17.4. The van der Waals surface area contributed by atoms with Crippen molar-refractivity contribution in [3.8, 4) is 0 Å². The van der Waals surface area contributed by atoms with Crippen LogP contribution in [-0.4, -0.2) is 54.1 Å². The maximum Gasteiger partial charge on any atom is 0.317 e. The monoisotopic (exact) mass is 379 g/mol. The predicted molar refractivity (Wildman–Crippen MR) is 110 cm³/mol. The summed E-state index contributed by atoms with van der Waals surface area (Å²) in [4.78, 5) is 16.7. The minimum Gasteiger partial charge on any atom is -0.336 e. The number of benzene rings is 1. The molecule has 1 fully saturated rings. The molecule has 1 aromatic carbocycles. The van der Waals surface area contributed by atoms with Crippen LogP contribution in [0.5, 0.6) is 0 Å². The second kappa shape index (κ2) is 10.2. The fourth-order valence-corrected chi connectivity index (χ4v) is 3.96. The number of likely N-dealkylation sites (N-methyl/N-ethyl adjacent to an activating group) is 1. The number of nitrogens with zero attached hydrogens (tertiary/aromatic N) is 2. The normalized spacial score (nSPS) is 17.0. The number of rotatable bonds is 7. The molecule has 1 aliphatic heterocycles. The fourth-order valence-electron chi connectivity index (χ4n) is 3.74. The highest BCUT2D eigenvalue weighted by molar-refractivity contribution is 6.30. The molecule has 0 radical (unpaired) electrons. The van der Waals surface area contributed by atoms with E-state index in [0.29, 0.717) is 12.0 Å². The first kappa shape index (κ1) is 21.0. The SMILES string of the molecule is CCN(CC1CCN(C(=O)NC(C)C)CC1)C(C)Cc1cccc(Cl)c1. The maximum absolute atomic E-state index is 12.1. The summed E-state index contributed by atoms with van der Waals surface area (Å²) in [5.74, 6) is 0.667. The van der Waals surface area contributed by atoms with E-state index in [0.717, 1.165) is 50.5 Å². The van der Waals surface area contributed by atoms with Gasteiger partial charge in [0.1, 0.15) is 0 Å². The van der Waals surface area contributed by atoms with Crippen molar-refractivity contribution in [3.05, 3.63) is 34.9 Å². The number of carbonyl (C=O) groups is 1. The van der Waals surface area contributed by atoms with Crippen molar-refractivity contribution in [2.24, 2.45) is 5.92 Å². The summed E-state index contributed by atoms with van der Waals surface area (Å²) >= 11 is 6.12. The first-order chi connectivity index (χ1) is 12.4. The van der Waals surface area contributed by atoms with Gasteiger partial charge in [-0.15, -0.1) is 0 Å². The molecule has 2 amide bonds. The Hall–Kier alpha value is -1.26. The molecule has 0 aliphatic carbocycles. The molecule has 146 valence electrons. The lowest BCUT2D eigenvalue weighted by atomic mass is 9.95. The van der Waals surface area contributed by atoms with Gasteiger partial charge in [-0.2, -0.15) is 0 Å². The molecule has 0 spiro atoms. The molecule has 1 atom stereocenters. The predicted octanol–water partition coefficient (Wildman–Crippen LogP) is 4.42. The number of hydrogen-bond donors (Lipinski definition) is 1. The largest absolute Gasteiger partial charge is 0.336 e. The Kier molecular flexibility index (Phi) is 8.23. The van der Waals surface area contributed by atoms with E-state index in [4.69, 9.17) is 11.6 Å². The smallest absolute Gasteiger partial charge is 0.317 e. The second-order valence-electron chi connectivity index (χ2n) is 7.81. The summed E-state index contributed by atoms with van der Waals surface area (Å²) < 4.78 is 0. The molecule has 2 rings (SSSR count). The Morgan fingerprint density at radius 1 is 1.31 bits per heavy atom. The third-order valence-corrected chi connectivity index (χ3v) is 5.49. The van der Waals surface area contributed by atoms with Crippen molar-refractivity contribution in [2.45, 2.75) is 59.0 Å². The number of urea groups is 1. The number of nitrogens with one attached hydrogen (secondary N) is 1. The maximum atomic E-state index is 12.1. The van der Waals surface area contributed by atoms with Crippen LogP contribution in [-0.2, 0) is 6.42 Å². The van der Waals surface area contributed by atoms with Crippen molar-refractivity contribution >= 4 is 17.6 Å². The summed E-state index contributed by atoms with van der Waals surface area (Å²) in [5.41, 5.74) is 1.30. The molecule has 1 unspecified atom stereocenters. The third-order valence-electron chi connectivity index (χ3n) is 5.26. The number of carbonyl (C=O) groups excluding carboxylic acids is 1. The van der Waals surface area contributed by atoms with E-state index < -0.39 is 0 Å². The molecule has 0 bridgehead atoms. The highest BCUT2D eigenvalue weighted by Crippen LogP contribution is 2.21. The van der Waals surface area contributed by atoms with E-state index in [1.165, 1.54) is 5.56 Å². The Morgan fingerprint density at radius 3 is 2.58 bits per heavy atom. The van der Waals surface area contributed by atoms with E-state index >= 15 is 0 Å². The van der Waals surface area contributed by atoms with Gasteiger partial charge in [-0.05, 0) is 70.2 Å². The summed E-state index contributed by atoms with van der Waals surface area (Å²) in [7, 11) is 0. The van der Waals surface area contributed by atoms with Gasteiger partial charge in [-0.25, -0.2) is 4.79 Å². The minimum absolute atomic E-state index is 0.0834. The number of halogens is 1. The van der Waals surface area contributed by atoms with Crippen LogP contribution >= 0.6 is 11.6 Å². The lowest BCUT2D eigenvalue weighted by molar-refractivity contribution is 0.130.